The Hall–Kier alpha value is -2.09. The molecule has 0 bridgehead atoms. The molecule has 1 amide bonds. The summed E-state index contributed by atoms with van der Waals surface area (Å²) in [6, 6.07) is 17.0. The van der Waals surface area contributed by atoms with Crippen LogP contribution in [0.15, 0.2) is 48.5 Å². The quantitative estimate of drug-likeness (QED) is 0.614. The van der Waals surface area contributed by atoms with E-state index in [2.05, 4.69) is 74.6 Å². The highest BCUT2D eigenvalue weighted by atomic mass is 16.2. The van der Waals surface area contributed by atoms with Gasteiger partial charge in [-0.05, 0) is 72.1 Å². The van der Waals surface area contributed by atoms with Gasteiger partial charge in [0.05, 0.1) is 0 Å². The van der Waals surface area contributed by atoms with Gasteiger partial charge in [-0.2, -0.15) is 0 Å². The van der Waals surface area contributed by atoms with Crippen LogP contribution in [0.5, 0.6) is 0 Å². The first-order chi connectivity index (χ1) is 14.1. The van der Waals surface area contributed by atoms with E-state index >= 15 is 0 Å². The standard InChI is InChI=1S/C27H35NO/c1-4-17-27(26(29)28-18-20-13-15-21(16-14-20)19(2)3)24-11-7-5-9-22(24)23-10-6-8-12-25(23)27/h5-12,19-21H,4,13-18H2,1-3H3,(H,28,29). The fourth-order valence-corrected chi connectivity index (χ4v) is 5.77. The van der Waals surface area contributed by atoms with Crippen molar-refractivity contribution in [1.29, 1.82) is 0 Å². The third-order valence-electron chi connectivity index (χ3n) is 7.46. The van der Waals surface area contributed by atoms with Crippen molar-refractivity contribution in [2.75, 3.05) is 6.54 Å². The van der Waals surface area contributed by atoms with Crippen LogP contribution in [-0.2, 0) is 10.2 Å². The van der Waals surface area contributed by atoms with E-state index in [4.69, 9.17) is 0 Å². The van der Waals surface area contributed by atoms with E-state index in [0.717, 1.165) is 31.2 Å². The average molecular weight is 390 g/mol. The molecule has 154 valence electrons. The third kappa shape index (κ3) is 3.52. The number of hydrogen-bond acceptors (Lipinski definition) is 1. The lowest BCUT2D eigenvalue weighted by Crippen LogP contribution is -2.46. The summed E-state index contributed by atoms with van der Waals surface area (Å²) in [5, 5.41) is 3.41. The molecule has 0 aromatic heterocycles. The van der Waals surface area contributed by atoms with Crippen LogP contribution in [0.1, 0.15) is 70.4 Å². The van der Waals surface area contributed by atoms with Crippen LogP contribution in [-0.4, -0.2) is 12.5 Å². The molecule has 4 rings (SSSR count). The summed E-state index contributed by atoms with van der Waals surface area (Å²) in [6.45, 7) is 7.69. The molecule has 0 unspecified atom stereocenters. The van der Waals surface area contributed by atoms with Crippen LogP contribution >= 0.6 is 0 Å². The summed E-state index contributed by atoms with van der Waals surface area (Å²) in [5.74, 6) is 2.47. The molecule has 0 heterocycles. The van der Waals surface area contributed by atoms with Crippen LogP contribution in [0.3, 0.4) is 0 Å². The van der Waals surface area contributed by atoms with Crippen LogP contribution in [0.25, 0.3) is 11.1 Å². The zero-order chi connectivity index (χ0) is 20.4. The van der Waals surface area contributed by atoms with E-state index in [1.54, 1.807) is 0 Å². The van der Waals surface area contributed by atoms with Gasteiger partial charge in [0.25, 0.3) is 0 Å². The predicted molar refractivity (Wildman–Crippen MR) is 121 cm³/mol. The van der Waals surface area contributed by atoms with E-state index in [9.17, 15) is 4.79 Å². The minimum atomic E-state index is -0.545. The smallest absolute Gasteiger partial charge is 0.235 e. The molecule has 29 heavy (non-hydrogen) atoms. The average Bonchev–Trinajstić information content (AvgIpc) is 3.04. The molecule has 2 nitrogen and oxygen atoms in total. The van der Waals surface area contributed by atoms with E-state index in [-0.39, 0.29) is 5.91 Å². The molecular weight excluding hydrogens is 354 g/mol. The minimum Gasteiger partial charge on any atom is -0.355 e. The van der Waals surface area contributed by atoms with Crippen molar-refractivity contribution in [2.45, 2.75) is 64.7 Å². The summed E-state index contributed by atoms with van der Waals surface area (Å²) in [4.78, 5) is 13.8. The van der Waals surface area contributed by atoms with Crippen molar-refractivity contribution in [3.8, 4) is 11.1 Å². The summed E-state index contributed by atoms with van der Waals surface area (Å²) in [6.07, 6.45) is 6.95. The molecule has 2 aliphatic rings. The maximum atomic E-state index is 13.8. The Kier molecular flexibility index (Phi) is 5.81. The molecule has 1 saturated carbocycles. The molecule has 0 atom stereocenters. The number of nitrogens with one attached hydrogen (secondary N) is 1. The van der Waals surface area contributed by atoms with Gasteiger partial charge in [-0.3, -0.25) is 4.79 Å². The Bertz CT molecular complexity index is 815. The number of rotatable bonds is 6. The van der Waals surface area contributed by atoms with E-state index in [1.807, 2.05) is 0 Å². The highest BCUT2D eigenvalue weighted by molar-refractivity contribution is 6.00. The molecule has 2 aliphatic carbocycles. The van der Waals surface area contributed by atoms with Gasteiger partial charge in [0.2, 0.25) is 5.91 Å². The molecule has 0 radical (unpaired) electrons. The summed E-state index contributed by atoms with van der Waals surface area (Å²) in [5.41, 5.74) is 4.28. The number of hydrogen-bond donors (Lipinski definition) is 1. The Morgan fingerprint density at radius 2 is 1.52 bits per heavy atom. The van der Waals surface area contributed by atoms with Crippen LogP contribution in [0.2, 0.25) is 0 Å². The van der Waals surface area contributed by atoms with Crippen molar-refractivity contribution >= 4 is 5.91 Å². The van der Waals surface area contributed by atoms with Crippen LogP contribution in [0.4, 0.5) is 0 Å². The molecule has 2 heteroatoms. The molecule has 0 aliphatic heterocycles. The van der Waals surface area contributed by atoms with E-state index in [0.29, 0.717) is 5.92 Å². The molecule has 0 saturated heterocycles. The topological polar surface area (TPSA) is 29.1 Å². The monoisotopic (exact) mass is 389 g/mol. The highest BCUT2D eigenvalue weighted by Gasteiger charge is 2.48. The number of fused-ring (bicyclic) bond motifs is 3. The fraction of sp³-hybridized carbons (Fsp3) is 0.519. The minimum absolute atomic E-state index is 0.197. The van der Waals surface area contributed by atoms with Gasteiger partial charge in [-0.1, -0.05) is 75.7 Å². The summed E-state index contributed by atoms with van der Waals surface area (Å²) >= 11 is 0. The molecule has 1 fully saturated rings. The van der Waals surface area contributed by atoms with Gasteiger partial charge < -0.3 is 5.32 Å². The van der Waals surface area contributed by atoms with Crippen molar-refractivity contribution in [2.24, 2.45) is 17.8 Å². The number of benzene rings is 2. The van der Waals surface area contributed by atoms with Crippen molar-refractivity contribution in [3.05, 3.63) is 59.7 Å². The van der Waals surface area contributed by atoms with Crippen molar-refractivity contribution in [1.82, 2.24) is 5.32 Å². The first-order valence-electron chi connectivity index (χ1n) is 11.6. The Morgan fingerprint density at radius 3 is 2.03 bits per heavy atom. The lowest BCUT2D eigenvalue weighted by molar-refractivity contribution is -0.125. The number of carbonyl (C=O) groups excluding carboxylic acids is 1. The second-order valence-electron chi connectivity index (χ2n) is 9.48. The highest BCUT2D eigenvalue weighted by Crippen LogP contribution is 2.51. The second-order valence-corrected chi connectivity index (χ2v) is 9.48. The van der Waals surface area contributed by atoms with Crippen molar-refractivity contribution in [3.63, 3.8) is 0 Å². The predicted octanol–water partition coefficient (Wildman–Crippen LogP) is 6.33. The van der Waals surface area contributed by atoms with Crippen LogP contribution in [0, 0.1) is 17.8 Å². The SMILES string of the molecule is CCCC1(C(=O)NCC2CCC(C(C)C)CC2)c2ccccc2-c2ccccc21. The van der Waals surface area contributed by atoms with Gasteiger partial charge in [0.1, 0.15) is 5.41 Å². The molecule has 0 spiro atoms. The molecule has 1 N–H and O–H groups in total. The van der Waals surface area contributed by atoms with Gasteiger partial charge >= 0.3 is 0 Å². The Balaban J connectivity index is 1.57. The second kappa shape index (κ2) is 8.34. The summed E-state index contributed by atoms with van der Waals surface area (Å²) in [7, 11) is 0. The van der Waals surface area contributed by atoms with Gasteiger partial charge in [-0.15, -0.1) is 0 Å². The Labute approximate surface area is 176 Å². The molecule has 2 aromatic rings. The van der Waals surface area contributed by atoms with E-state index < -0.39 is 5.41 Å². The largest absolute Gasteiger partial charge is 0.355 e. The summed E-state index contributed by atoms with van der Waals surface area (Å²) < 4.78 is 0. The lowest BCUT2D eigenvalue weighted by Gasteiger charge is -2.34. The third-order valence-corrected chi connectivity index (χ3v) is 7.46. The normalized spacial score (nSPS) is 22.2. The van der Waals surface area contributed by atoms with Gasteiger partial charge in [0, 0.05) is 6.54 Å². The van der Waals surface area contributed by atoms with Crippen molar-refractivity contribution < 1.29 is 4.79 Å². The van der Waals surface area contributed by atoms with Gasteiger partial charge in [-0.25, -0.2) is 0 Å². The van der Waals surface area contributed by atoms with Crippen LogP contribution < -0.4 is 5.32 Å². The first kappa shape index (κ1) is 20.2. The zero-order valence-corrected chi connectivity index (χ0v) is 18.2. The lowest BCUT2D eigenvalue weighted by atomic mass is 9.73. The first-order valence-corrected chi connectivity index (χ1v) is 11.6. The number of carbonyl (C=O) groups is 1. The molecule has 2 aromatic carbocycles. The zero-order valence-electron chi connectivity index (χ0n) is 18.2. The Morgan fingerprint density at radius 1 is 0.966 bits per heavy atom. The maximum Gasteiger partial charge on any atom is 0.235 e. The van der Waals surface area contributed by atoms with Gasteiger partial charge in [0.15, 0.2) is 0 Å². The fourth-order valence-electron chi connectivity index (χ4n) is 5.77. The van der Waals surface area contributed by atoms with E-state index in [1.165, 1.54) is 47.9 Å². The maximum absolute atomic E-state index is 13.8. The molecular formula is C27H35NO. The number of amides is 1.